The van der Waals surface area contributed by atoms with E-state index in [-0.39, 0.29) is 11.6 Å². The molecular formula is C17H22O3. The van der Waals surface area contributed by atoms with Crippen molar-refractivity contribution in [2.45, 2.75) is 50.7 Å². The summed E-state index contributed by atoms with van der Waals surface area (Å²) in [7, 11) is 0. The molecule has 0 atom stereocenters. The molecule has 0 unspecified atom stereocenters. The average molecular weight is 274 g/mol. The van der Waals surface area contributed by atoms with E-state index in [9.17, 15) is 4.79 Å². The van der Waals surface area contributed by atoms with Crippen molar-refractivity contribution in [1.29, 1.82) is 0 Å². The lowest BCUT2D eigenvalue weighted by Gasteiger charge is -2.35. The van der Waals surface area contributed by atoms with Crippen LogP contribution in [0, 0.1) is 0 Å². The van der Waals surface area contributed by atoms with Gasteiger partial charge in [-0.1, -0.05) is 24.3 Å². The summed E-state index contributed by atoms with van der Waals surface area (Å²) in [6.07, 6.45) is 4.76. The van der Waals surface area contributed by atoms with Crippen LogP contribution in [0.4, 0.5) is 0 Å². The highest BCUT2D eigenvalue weighted by molar-refractivity contribution is 5.78. The molecule has 1 heterocycles. The van der Waals surface area contributed by atoms with Crippen LogP contribution in [-0.4, -0.2) is 24.8 Å². The summed E-state index contributed by atoms with van der Waals surface area (Å²) in [5.41, 5.74) is 2.49. The molecule has 3 rings (SSSR count). The largest absolute Gasteiger partial charge is 0.348 e. The van der Waals surface area contributed by atoms with Crippen LogP contribution in [0.25, 0.3) is 0 Å². The molecule has 108 valence electrons. The van der Waals surface area contributed by atoms with E-state index in [0.717, 1.165) is 44.5 Å². The Labute approximate surface area is 120 Å². The number of carbonyl (C=O) groups is 1. The van der Waals surface area contributed by atoms with Gasteiger partial charge in [-0.3, -0.25) is 4.79 Å². The number of benzene rings is 1. The van der Waals surface area contributed by atoms with Gasteiger partial charge < -0.3 is 9.47 Å². The fraction of sp³-hybridized carbons (Fsp3) is 0.588. The number of hydrogen-bond acceptors (Lipinski definition) is 3. The van der Waals surface area contributed by atoms with Crippen LogP contribution < -0.4 is 0 Å². The lowest BCUT2D eigenvalue weighted by molar-refractivity contribution is -0.178. The molecule has 2 aliphatic rings. The van der Waals surface area contributed by atoms with Crippen LogP contribution in [0.3, 0.4) is 0 Å². The van der Waals surface area contributed by atoms with Gasteiger partial charge in [0.05, 0.1) is 13.2 Å². The zero-order valence-corrected chi connectivity index (χ0v) is 12.1. The van der Waals surface area contributed by atoms with Crippen LogP contribution >= 0.6 is 0 Å². The normalized spacial score (nSPS) is 22.2. The second-order valence-corrected chi connectivity index (χ2v) is 6.00. The maximum absolute atomic E-state index is 11.1. The maximum atomic E-state index is 11.1. The zero-order chi connectivity index (χ0) is 14.0. The second kappa shape index (κ2) is 5.66. The lowest BCUT2D eigenvalue weighted by Crippen LogP contribution is -2.34. The summed E-state index contributed by atoms with van der Waals surface area (Å²) in [5, 5.41) is 0. The smallest absolute Gasteiger partial charge is 0.168 e. The van der Waals surface area contributed by atoms with Crippen molar-refractivity contribution in [3.63, 3.8) is 0 Å². The number of Topliss-reactive ketones (excluding diaryl/α,β-unsaturated/α-hetero) is 1. The Morgan fingerprint density at radius 1 is 1.15 bits per heavy atom. The number of carbonyl (C=O) groups excluding carboxylic acids is 1. The molecule has 1 spiro atoms. The molecule has 2 fully saturated rings. The second-order valence-electron chi connectivity index (χ2n) is 6.00. The van der Waals surface area contributed by atoms with Crippen LogP contribution in [0.1, 0.15) is 49.7 Å². The molecule has 1 saturated carbocycles. The first kappa shape index (κ1) is 13.8. The molecular weight excluding hydrogens is 252 g/mol. The molecule has 0 bridgehead atoms. The maximum Gasteiger partial charge on any atom is 0.168 e. The summed E-state index contributed by atoms with van der Waals surface area (Å²) in [6.45, 7) is 3.12. The van der Waals surface area contributed by atoms with E-state index in [1.54, 1.807) is 6.92 Å². The topological polar surface area (TPSA) is 35.5 Å². The Morgan fingerprint density at radius 3 is 2.30 bits per heavy atom. The van der Waals surface area contributed by atoms with Crippen molar-refractivity contribution >= 4 is 5.78 Å². The van der Waals surface area contributed by atoms with Gasteiger partial charge in [-0.2, -0.15) is 0 Å². The van der Waals surface area contributed by atoms with Gasteiger partial charge in [-0.05, 0) is 36.8 Å². The summed E-state index contributed by atoms with van der Waals surface area (Å²) in [4.78, 5) is 11.1. The Hall–Kier alpha value is -1.19. The third kappa shape index (κ3) is 2.94. The van der Waals surface area contributed by atoms with E-state index in [4.69, 9.17) is 9.47 Å². The number of rotatable bonds is 3. The number of ketones is 1. The molecule has 3 heteroatoms. The third-order valence-electron chi connectivity index (χ3n) is 4.47. The van der Waals surface area contributed by atoms with Crippen molar-refractivity contribution in [3.05, 3.63) is 35.4 Å². The Bertz CT molecular complexity index is 462. The number of hydrogen-bond donors (Lipinski definition) is 0. The molecule has 3 nitrogen and oxygen atoms in total. The van der Waals surface area contributed by atoms with E-state index in [2.05, 4.69) is 24.3 Å². The predicted octanol–water partition coefficient (Wildman–Crippen LogP) is 3.22. The summed E-state index contributed by atoms with van der Waals surface area (Å²) in [6, 6.07) is 8.53. The van der Waals surface area contributed by atoms with Gasteiger partial charge >= 0.3 is 0 Å². The van der Waals surface area contributed by atoms with Crippen LogP contribution in [0.5, 0.6) is 0 Å². The van der Waals surface area contributed by atoms with Crippen molar-refractivity contribution in [3.8, 4) is 0 Å². The molecule has 0 amide bonds. The minimum absolute atomic E-state index is 0.216. The highest BCUT2D eigenvalue weighted by Crippen LogP contribution is 2.42. The lowest BCUT2D eigenvalue weighted by atomic mass is 9.81. The third-order valence-corrected chi connectivity index (χ3v) is 4.47. The first-order chi connectivity index (χ1) is 9.67. The molecule has 0 radical (unpaired) electrons. The highest BCUT2D eigenvalue weighted by Gasteiger charge is 2.40. The summed E-state index contributed by atoms with van der Waals surface area (Å²) >= 11 is 0. The zero-order valence-electron chi connectivity index (χ0n) is 12.1. The van der Waals surface area contributed by atoms with Crippen molar-refractivity contribution < 1.29 is 14.3 Å². The van der Waals surface area contributed by atoms with Crippen LogP contribution in [-0.2, 0) is 20.7 Å². The fourth-order valence-corrected chi connectivity index (χ4v) is 3.37. The Kier molecular flexibility index (Phi) is 3.90. The van der Waals surface area contributed by atoms with Crippen molar-refractivity contribution in [1.82, 2.24) is 0 Å². The van der Waals surface area contributed by atoms with E-state index in [0.29, 0.717) is 12.3 Å². The minimum atomic E-state index is -0.273. The summed E-state index contributed by atoms with van der Waals surface area (Å²) in [5.74, 6) is 0.540. The van der Waals surface area contributed by atoms with E-state index in [1.807, 2.05) is 0 Å². The Balaban J connectivity index is 1.61. The molecule has 1 aliphatic heterocycles. The summed E-state index contributed by atoms with van der Waals surface area (Å²) < 4.78 is 11.5. The molecule has 1 aromatic carbocycles. The van der Waals surface area contributed by atoms with E-state index < -0.39 is 0 Å². The van der Waals surface area contributed by atoms with Gasteiger partial charge in [0, 0.05) is 19.3 Å². The molecule has 20 heavy (non-hydrogen) atoms. The van der Waals surface area contributed by atoms with Crippen molar-refractivity contribution in [2.75, 3.05) is 13.2 Å². The van der Waals surface area contributed by atoms with Gasteiger partial charge in [0.25, 0.3) is 0 Å². The van der Waals surface area contributed by atoms with E-state index >= 15 is 0 Å². The SMILES string of the molecule is CC(=O)Cc1ccc(C2CCC3(CC2)OCCO3)cc1. The van der Waals surface area contributed by atoms with Crippen molar-refractivity contribution in [2.24, 2.45) is 0 Å². The Morgan fingerprint density at radius 2 is 1.75 bits per heavy atom. The molecule has 1 aromatic rings. The molecule has 1 aliphatic carbocycles. The van der Waals surface area contributed by atoms with Gasteiger partial charge in [0.2, 0.25) is 0 Å². The quantitative estimate of drug-likeness (QED) is 0.849. The monoisotopic (exact) mass is 274 g/mol. The standard InChI is InChI=1S/C17H22O3/c1-13(18)12-14-2-4-15(5-3-14)16-6-8-17(9-7-16)19-10-11-20-17/h2-5,16H,6-12H2,1H3. The predicted molar refractivity (Wildman–Crippen MR) is 76.7 cm³/mol. The number of ether oxygens (including phenoxy) is 2. The van der Waals surface area contributed by atoms with Crippen LogP contribution in [0.15, 0.2) is 24.3 Å². The van der Waals surface area contributed by atoms with Gasteiger partial charge in [0.1, 0.15) is 5.78 Å². The van der Waals surface area contributed by atoms with Gasteiger partial charge in [-0.25, -0.2) is 0 Å². The van der Waals surface area contributed by atoms with E-state index in [1.165, 1.54) is 5.56 Å². The first-order valence-electron chi connectivity index (χ1n) is 7.53. The van der Waals surface area contributed by atoms with Crippen LogP contribution in [0.2, 0.25) is 0 Å². The molecule has 0 aromatic heterocycles. The first-order valence-corrected chi connectivity index (χ1v) is 7.53. The minimum Gasteiger partial charge on any atom is -0.348 e. The average Bonchev–Trinajstić information content (AvgIpc) is 2.89. The van der Waals surface area contributed by atoms with Gasteiger partial charge in [0.15, 0.2) is 5.79 Å². The fourth-order valence-electron chi connectivity index (χ4n) is 3.37. The molecule has 1 saturated heterocycles. The molecule has 0 N–H and O–H groups in total. The van der Waals surface area contributed by atoms with Gasteiger partial charge in [-0.15, -0.1) is 0 Å². The highest BCUT2D eigenvalue weighted by atomic mass is 16.7.